The second-order valence-corrected chi connectivity index (χ2v) is 6.96. The van der Waals surface area contributed by atoms with Gasteiger partial charge in [-0.1, -0.05) is 53.5 Å². The van der Waals surface area contributed by atoms with Gasteiger partial charge in [-0.05, 0) is 36.0 Å². The van der Waals surface area contributed by atoms with E-state index in [0.29, 0.717) is 15.2 Å². The first-order valence-corrected chi connectivity index (χ1v) is 9.08. The van der Waals surface area contributed by atoms with Gasteiger partial charge in [0.2, 0.25) is 0 Å². The lowest BCUT2D eigenvalue weighted by Gasteiger charge is -2.11. The average Bonchev–Trinajstić information content (AvgIpc) is 2.47. The Labute approximate surface area is 150 Å². The summed E-state index contributed by atoms with van der Waals surface area (Å²) in [5.74, 6) is 1.99. The van der Waals surface area contributed by atoms with E-state index in [1.807, 2.05) is 17.8 Å². The van der Waals surface area contributed by atoms with E-state index >= 15 is 0 Å². The highest BCUT2D eigenvalue weighted by molar-refractivity contribution is 7.98. The first-order valence-electron chi connectivity index (χ1n) is 6.76. The Morgan fingerprint density at radius 2 is 1.73 bits per heavy atom. The van der Waals surface area contributed by atoms with E-state index in [2.05, 4.69) is 34.9 Å². The average molecular weight is 371 g/mol. The van der Waals surface area contributed by atoms with Crippen molar-refractivity contribution < 1.29 is 0 Å². The topological polar surface area (TPSA) is 24.1 Å². The van der Waals surface area contributed by atoms with Crippen LogP contribution in [0.5, 0.6) is 0 Å². The lowest BCUT2D eigenvalue weighted by atomic mass is 10.2. The molecule has 0 saturated carbocycles. The molecule has 6 heteroatoms. The molecular weight excluding hydrogens is 355 g/mol. The third-order valence-electron chi connectivity index (χ3n) is 2.76. The first-order chi connectivity index (χ1) is 10.6. The second kappa shape index (κ2) is 9.26. The van der Waals surface area contributed by atoms with Gasteiger partial charge in [-0.3, -0.25) is 0 Å². The van der Waals surface area contributed by atoms with Gasteiger partial charge in [0, 0.05) is 33.8 Å². The summed E-state index contributed by atoms with van der Waals surface area (Å²) in [6.07, 6.45) is 0. The van der Waals surface area contributed by atoms with E-state index in [1.54, 1.807) is 18.2 Å². The molecule has 0 bridgehead atoms. The minimum Gasteiger partial charge on any atom is -0.362 e. The number of thioether (sulfide) groups is 1. The fourth-order valence-corrected chi connectivity index (χ4v) is 3.37. The zero-order chi connectivity index (χ0) is 15.8. The molecule has 0 aliphatic rings. The van der Waals surface area contributed by atoms with Gasteiger partial charge in [0.05, 0.1) is 0 Å². The van der Waals surface area contributed by atoms with Crippen molar-refractivity contribution in [3.05, 3.63) is 64.1 Å². The maximum absolute atomic E-state index is 5.95. The largest absolute Gasteiger partial charge is 0.362 e. The van der Waals surface area contributed by atoms with Gasteiger partial charge in [0.1, 0.15) is 0 Å². The Balaban J connectivity index is 1.65. The number of nitrogens with one attached hydrogen (secondary N) is 2. The fourth-order valence-electron chi connectivity index (χ4n) is 1.80. The molecule has 0 atom stereocenters. The minimum atomic E-state index is 0.568. The van der Waals surface area contributed by atoms with Crippen LogP contribution in [0, 0.1) is 0 Å². The molecule has 0 unspecified atom stereocenters. The molecule has 0 amide bonds. The van der Waals surface area contributed by atoms with E-state index in [1.165, 1.54) is 5.56 Å². The molecule has 0 aromatic heterocycles. The molecule has 0 heterocycles. The van der Waals surface area contributed by atoms with Crippen LogP contribution in [0.1, 0.15) is 5.56 Å². The van der Waals surface area contributed by atoms with E-state index < -0.39 is 0 Å². The van der Waals surface area contributed by atoms with Crippen LogP contribution in [0.2, 0.25) is 10.0 Å². The van der Waals surface area contributed by atoms with E-state index in [-0.39, 0.29) is 0 Å². The summed E-state index contributed by atoms with van der Waals surface area (Å²) in [6.45, 7) is 0.803. The summed E-state index contributed by atoms with van der Waals surface area (Å²) in [5, 5.41) is 7.97. The van der Waals surface area contributed by atoms with Crippen molar-refractivity contribution in [2.24, 2.45) is 0 Å². The van der Waals surface area contributed by atoms with Crippen molar-refractivity contribution >= 4 is 58.0 Å². The zero-order valence-corrected chi connectivity index (χ0v) is 15.0. The quantitative estimate of drug-likeness (QED) is 0.538. The second-order valence-electron chi connectivity index (χ2n) is 4.58. The lowest BCUT2D eigenvalue weighted by Crippen LogP contribution is -2.30. The molecule has 2 rings (SSSR count). The molecule has 0 radical (unpaired) electrons. The number of anilines is 1. The third-order valence-corrected chi connectivity index (χ3v) is 4.48. The number of hydrogen-bond acceptors (Lipinski definition) is 2. The van der Waals surface area contributed by atoms with Crippen molar-refractivity contribution in [3.8, 4) is 0 Å². The van der Waals surface area contributed by atoms with E-state index in [9.17, 15) is 0 Å². The Morgan fingerprint density at radius 1 is 1.05 bits per heavy atom. The summed E-state index contributed by atoms with van der Waals surface area (Å²) in [5.41, 5.74) is 2.12. The van der Waals surface area contributed by atoms with Crippen LogP contribution in [-0.4, -0.2) is 17.4 Å². The maximum Gasteiger partial charge on any atom is 0.170 e. The van der Waals surface area contributed by atoms with Crippen LogP contribution >= 0.6 is 47.2 Å². The molecule has 0 spiro atoms. The van der Waals surface area contributed by atoms with Gasteiger partial charge >= 0.3 is 0 Å². The Morgan fingerprint density at radius 3 is 2.41 bits per heavy atom. The summed E-state index contributed by atoms with van der Waals surface area (Å²) in [7, 11) is 0. The predicted octanol–water partition coefficient (Wildman–Crippen LogP) is 5.21. The summed E-state index contributed by atoms with van der Waals surface area (Å²) in [6, 6.07) is 15.7. The third kappa shape index (κ3) is 6.44. The Bertz CT molecular complexity index is 601. The van der Waals surface area contributed by atoms with E-state index in [0.717, 1.165) is 23.7 Å². The van der Waals surface area contributed by atoms with Gasteiger partial charge in [0.15, 0.2) is 5.11 Å². The normalized spacial score (nSPS) is 10.3. The molecule has 116 valence electrons. The highest BCUT2D eigenvalue weighted by Gasteiger charge is 2.01. The molecule has 2 aromatic rings. The number of thiocarbonyl (C=S) groups is 1. The van der Waals surface area contributed by atoms with Crippen LogP contribution in [0.4, 0.5) is 5.69 Å². The van der Waals surface area contributed by atoms with Gasteiger partial charge in [-0.15, -0.1) is 0 Å². The number of halogens is 2. The van der Waals surface area contributed by atoms with Gasteiger partial charge in [0.25, 0.3) is 0 Å². The van der Waals surface area contributed by atoms with Crippen LogP contribution in [0.15, 0.2) is 48.5 Å². The Hall–Kier alpha value is -0.940. The maximum atomic E-state index is 5.95. The first kappa shape index (κ1) is 17.4. The highest BCUT2D eigenvalue weighted by Crippen LogP contribution is 2.22. The van der Waals surface area contributed by atoms with Crippen molar-refractivity contribution in [1.82, 2.24) is 5.32 Å². The fraction of sp³-hybridized carbons (Fsp3) is 0.188. The highest BCUT2D eigenvalue weighted by atomic mass is 35.5. The van der Waals surface area contributed by atoms with Crippen molar-refractivity contribution in [2.75, 3.05) is 17.6 Å². The van der Waals surface area contributed by atoms with Crippen LogP contribution in [-0.2, 0) is 5.75 Å². The molecule has 22 heavy (non-hydrogen) atoms. The number of hydrogen-bond donors (Lipinski definition) is 2. The standard InChI is InChI=1S/C16H16Cl2N2S2/c17-13-8-14(18)10-15(9-13)20-16(21)19-6-7-22-11-12-4-2-1-3-5-12/h1-5,8-10H,6-7,11H2,(H2,19,20,21). The SMILES string of the molecule is S=C(NCCSCc1ccccc1)Nc1cc(Cl)cc(Cl)c1. The molecule has 0 saturated heterocycles. The Kier molecular flexibility index (Phi) is 7.33. The van der Waals surface area contributed by atoms with Gasteiger partial charge < -0.3 is 10.6 Å². The monoisotopic (exact) mass is 370 g/mol. The molecule has 0 fully saturated rings. The molecule has 2 nitrogen and oxygen atoms in total. The van der Waals surface area contributed by atoms with Crippen molar-refractivity contribution in [3.63, 3.8) is 0 Å². The van der Waals surface area contributed by atoms with Gasteiger partial charge in [-0.2, -0.15) is 11.8 Å². The zero-order valence-electron chi connectivity index (χ0n) is 11.8. The molecule has 2 N–H and O–H groups in total. The molecular formula is C16H16Cl2N2S2. The summed E-state index contributed by atoms with van der Waals surface area (Å²) >= 11 is 19.0. The smallest absolute Gasteiger partial charge is 0.170 e. The summed E-state index contributed by atoms with van der Waals surface area (Å²) in [4.78, 5) is 0. The minimum absolute atomic E-state index is 0.568. The molecule has 2 aromatic carbocycles. The molecule has 0 aliphatic carbocycles. The van der Waals surface area contributed by atoms with Crippen LogP contribution < -0.4 is 10.6 Å². The molecule has 0 aliphatic heterocycles. The number of rotatable bonds is 6. The van der Waals surface area contributed by atoms with Crippen molar-refractivity contribution in [1.29, 1.82) is 0 Å². The lowest BCUT2D eigenvalue weighted by molar-refractivity contribution is 0.990. The van der Waals surface area contributed by atoms with Crippen LogP contribution in [0.25, 0.3) is 0 Å². The number of benzene rings is 2. The van der Waals surface area contributed by atoms with Crippen molar-refractivity contribution in [2.45, 2.75) is 5.75 Å². The summed E-state index contributed by atoms with van der Waals surface area (Å²) < 4.78 is 0. The van der Waals surface area contributed by atoms with E-state index in [4.69, 9.17) is 35.4 Å². The van der Waals surface area contributed by atoms with Gasteiger partial charge in [-0.25, -0.2) is 0 Å². The predicted molar refractivity (Wildman–Crippen MR) is 103 cm³/mol. The van der Waals surface area contributed by atoms with Crippen LogP contribution in [0.3, 0.4) is 0 Å².